The summed E-state index contributed by atoms with van der Waals surface area (Å²) < 4.78 is 0. The number of hydrogen-bond acceptors (Lipinski definition) is 2. The van der Waals surface area contributed by atoms with Gasteiger partial charge in [0.25, 0.3) is 0 Å². The van der Waals surface area contributed by atoms with E-state index in [0.29, 0.717) is 0 Å². The van der Waals surface area contributed by atoms with Gasteiger partial charge in [0.15, 0.2) is 0 Å². The molecule has 0 spiro atoms. The average molecular weight is 250 g/mol. The number of benzene rings is 1. The fraction of sp³-hybridized carbons (Fsp3) is 0.571. The van der Waals surface area contributed by atoms with E-state index in [4.69, 9.17) is 0 Å². The second-order valence-corrected chi connectivity index (χ2v) is 11.0. The zero-order chi connectivity index (χ0) is 12.9. The molecule has 96 valence electrons. The van der Waals surface area contributed by atoms with Crippen molar-refractivity contribution in [2.24, 2.45) is 0 Å². The number of nitrogens with one attached hydrogen (secondary N) is 1. The van der Waals surface area contributed by atoms with Crippen molar-refractivity contribution >= 4 is 13.3 Å². The molecule has 0 saturated heterocycles. The molecule has 0 aliphatic rings. The van der Waals surface area contributed by atoms with Crippen LogP contribution < -0.4 is 10.5 Å². The van der Waals surface area contributed by atoms with Gasteiger partial charge in [-0.2, -0.15) is 0 Å². The zero-order valence-corrected chi connectivity index (χ0v) is 12.9. The molecule has 0 bridgehead atoms. The summed E-state index contributed by atoms with van der Waals surface area (Å²) in [6, 6.07) is 9.12. The van der Waals surface area contributed by atoms with Crippen LogP contribution in [0.2, 0.25) is 19.6 Å². The molecular formula is C14H26N2Si. The lowest BCUT2D eigenvalue weighted by atomic mass is 10.2. The van der Waals surface area contributed by atoms with Crippen molar-refractivity contribution in [2.75, 3.05) is 27.2 Å². The molecule has 1 N–H and O–H groups in total. The first kappa shape index (κ1) is 14.4. The second-order valence-electron chi connectivity index (χ2n) is 5.93. The number of hydrogen-bond donors (Lipinski definition) is 1. The van der Waals surface area contributed by atoms with E-state index in [9.17, 15) is 0 Å². The minimum Gasteiger partial charge on any atom is -0.311 e. The van der Waals surface area contributed by atoms with Crippen molar-refractivity contribution in [2.45, 2.75) is 26.2 Å². The Balaban J connectivity index is 2.41. The van der Waals surface area contributed by atoms with Crippen molar-refractivity contribution in [3.63, 3.8) is 0 Å². The molecule has 0 unspecified atom stereocenters. The zero-order valence-electron chi connectivity index (χ0n) is 11.9. The van der Waals surface area contributed by atoms with E-state index < -0.39 is 8.07 Å². The van der Waals surface area contributed by atoms with Crippen molar-refractivity contribution in [1.29, 1.82) is 0 Å². The molecule has 1 aromatic rings. The third-order valence-corrected chi connectivity index (χ3v) is 4.95. The molecule has 0 aliphatic carbocycles. The van der Waals surface area contributed by atoms with Crippen LogP contribution >= 0.6 is 0 Å². The molecule has 0 saturated carbocycles. The number of likely N-dealkylation sites (N-methyl/N-ethyl adjacent to an activating group) is 1. The molecule has 1 rings (SSSR count). The van der Waals surface area contributed by atoms with Gasteiger partial charge in [-0.25, -0.2) is 0 Å². The highest BCUT2D eigenvalue weighted by Crippen LogP contribution is 2.04. The topological polar surface area (TPSA) is 15.3 Å². The van der Waals surface area contributed by atoms with Gasteiger partial charge in [0.1, 0.15) is 0 Å². The summed E-state index contributed by atoms with van der Waals surface area (Å²) in [7, 11) is 3.07. The minimum absolute atomic E-state index is 0.972. The molecular weight excluding hydrogens is 224 g/mol. The van der Waals surface area contributed by atoms with E-state index in [1.165, 1.54) is 10.8 Å². The monoisotopic (exact) mass is 250 g/mol. The van der Waals surface area contributed by atoms with Gasteiger partial charge in [-0.3, -0.25) is 0 Å². The Morgan fingerprint density at radius 3 is 2.12 bits per heavy atom. The predicted molar refractivity (Wildman–Crippen MR) is 79.7 cm³/mol. The van der Waals surface area contributed by atoms with Gasteiger partial charge in [-0.05, 0) is 19.7 Å². The van der Waals surface area contributed by atoms with Gasteiger partial charge >= 0.3 is 0 Å². The third kappa shape index (κ3) is 5.48. The molecule has 0 amide bonds. The summed E-state index contributed by atoms with van der Waals surface area (Å²) in [6.45, 7) is 10.3. The van der Waals surface area contributed by atoms with Gasteiger partial charge in [-0.1, -0.05) is 49.1 Å². The quantitative estimate of drug-likeness (QED) is 0.613. The predicted octanol–water partition coefficient (Wildman–Crippen LogP) is 1.88. The van der Waals surface area contributed by atoms with Gasteiger partial charge in [0, 0.05) is 19.6 Å². The van der Waals surface area contributed by atoms with E-state index in [0.717, 1.165) is 19.6 Å². The molecule has 1 aromatic carbocycles. The van der Waals surface area contributed by atoms with E-state index in [1.54, 1.807) is 0 Å². The Morgan fingerprint density at radius 1 is 1.06 bits per heavy atom. The van der Waals surface area contributed by atoms with Crippen LogP contribution in [-0.4, -0.2) is 40.2 Å². The summed E-state index contributed by atoms with van der Waals surface area (Å²) in [5, 5.41) is 5.00. The maximum Gasteiger partial charge on any atom is 0.0775 e. The van der Waals surface area contributed by atoms with E-state index >= 15 is 0 Å². The summed E-state index contributed by atoms with van der Waals surface area (Å²) in [5.74, 6) is 0. The fourth-order valence-corrected chi connectivity index (χ4v) is 2.82. The lowest BCUT2D eigenvalue weighted by molar-refractivity contribution is 0.400. The van der Waals surface area contributed by atoms with Gasteiger partial charge in [-0.15, -0.1) is 0 Å². The lowest BCUT2D eigenvalue weighted by Crippen LogP contribution is -2.37. The number of rotatable bonds is 6. The highest BCUT2D eigenvalue weighted by Gasteiger charge is 2.15. The van der Waals surface area contributed by atoms with Crippen LogP contribution in [0.15, 0.2) is 24.3 Å². The maximum atomic E-state index is 3.46. The van der Waals surface area contributed by atoms with E-state index in [1.807, 2.05) is 0 Å². The van der Waals surface area contributed by atoms with Crippen LogP contribution in [0.4, 0.5) is 0 Å². The molecule has 0 radical (unpaired) electrons. The Morgan fingerprint density at radius 2 is 1.65 bits per heavy atom. The fourth-order valence-electron chi connectivity index (χ4n) is 1.66. The Kier molecular flexibility index (Phi) is 5.37. The van der Waals surface area contributed by atoms with Crippen molar-refractivity contribution in [3.05, 3.63) is 29.8 Å². The SMILES string of the molecule is CN(C)CCNCc1ccc([Si](C)(C)C)cc1. The Hall–Kier alpha value is -0.643. The van der Waals surface area contributed by atoms with Crippen molar-refractivity contribution < 1.29 is 0 Å². The smallest absolute Gasteiger partial charge is 0.0775 e. The standard InChI is InChI=1S/C14H26N2Si/c1-16(2)11-10-15-12-13-6-8-14(9-7-13)17(3,4)5/h6-9,15H,10-12H2,1-5H3. The van der Waals surface area contributed by atoms with Crippen molar-refractivity contribution in [3.8, 4) is 0 Å². The molecule has 0 atom stereocenters. The normalized spacial score (nSPS) is 12.1. The second kappa shape index (κ2) is 6.33. The van der Waals surface area contributed by atoms with Crippen LogP contribution in [0.5, 0.6) is 0 Å². The average Bonchev–Trinajstić information content (AvgIpc) is 2.23. The molecule has 17 heavy (non-hydrogen) atoms. The molecule has 0 fully saturated rings. The van der Waals surface area contributed by atoms with Crippen LogP contribution in [0.25, 0.3) is 0 Å². The summed E-state index contributed by atoms with van der Waals surface area (Å²) in [6.07, 6.45) is 0. The highest BCUT2D eigenvalue weighted by molar-refractivity contribution is 6.88. The molecule has 3 heteroatoms. The molecule has 0 aromatic heterocycles. The van der Waals surface area contributed by atoms with Crippen LogP contribution in [-0.2, 0) is 6.54 Å². The van der Waals surface area contributed by atoms with Crippen molar-refractivity contribution in [1.82, 2.24) is 10.2 Å². The van der Waals surface area contributed by atoms with Crippen LogP contribution in [0.3, 0.4) is 0 Å². The molecule has 0 heterocycles. The van der Waals surface area contributed by atoms with Gasteiger partial charge in [0.05, 0.1) is 8.07 Å². The molecule has 2 nitrogen and oxygen atoms in total. The van der Waals surface area contributed by atoms with E-state index in [-0.39, 0.29) is 0 Å². The Bertz CT molecular complexity index is 325. The van der Waals surface area contributed by atoms with E-state index in [2.05, 4.69) is 68.2 Å². The minimum atomic E-state index is -1.14. The maximum absolute atomic E-state index is 3.46. The first-order valence-corrected chi connectivity index (χ1v) is 9.84. The lowest BCUT2D eigenvalue weighted by Gasteiger charge is -2.17. The highest BCUT2D eigenvalue weighted by atomic mass is 28.3. The molecule has 0 aliphatic heterocycles. The summed E-state index contributed by atoms with van der Waals surface area (Å²) >= 11 is 0. The van der Waals surface area contributed by atoms with Crippen LogP contribution in [0.1, 0.15) is 5.56 Å². The first-order chi connectivity index (χ1) is 7.89. The number of nitrogens with zero attached hydrogens (tertiary/aromatic N) is 1. The van der Waals surface area contributed by atoms with Crippen LogP contribution in [0, 0.1) is 0 Å². The summed E-state index contributed by atoms with van der Waals surface area (Å²) in [5.41, 5.74) is 1.38. The van der Waals surface area contributed by atoms with Gasteiger partial charge in [0.2, 0.25) is 0 Å². The largest absolute Gasteiger partial charge is 0.311 e. The van der Waals surface area contributed by atoms with Gasteiger partial charge < -0.3 is 10.2 Å². The third-order valence-electron chi connectivity index (χ3n) is 2.88. The first-order valence-electron chi connectivity index (χ1n) is 6.34. The summed E-state index contributed by atoms with van der Waals surface area (Å²) in [4.78, 5) is 2.20. The Labute approximate surface area is 107 Å².